The summed E-state index contributed by atoms with van der Waals surface area (Å²) in [7, 11) is -2.54. The Morgan fingerprint density at radius 3 is 2.80 bits per heavy atom. The molecule has 0 bridgehead atoms. The molecule has 8 heteroatoms. The molecule has 0 amide bonds. The smallest absolute Gasteiger partial charge is 0.322 e. The number of rotatable bonds is 4. The first-order valence-corrected chi connectivity index (χ1v) is 7.78. The van der Waals surface area contributed by atoms with Gasteiger partial charge in [0.05, 0.1) is 12.1 Å². The summed E-state index contributed by atoms with van der Waals surface area (Å²) in [6.07, 6.45) is 0.813. The van der Waals surface area contributed by atoms with Crippen LogP contribution in [-0.4, -0.2) is 43.5 Å². The van der Waals surface area contributed by atoms with E-state index in [-0.39, 0.29) is 16.5 Å². The SMILES string of the molecule is COc1ccc(Cl)c(S(=O)(=O)N2CCC[C@H]2C(=O)O)c1. The van der Waals surface area contributed by atoms with Gasteiger partial charge in [0.25, 0.3) is 0 Å². The Kier molecular flexibility index (Phi) is 4.22. The van der Waals surface area contributed by atoms with Crippen LogP contribution in [0.25, 0.3) is 0 Å². The quantitative estimate of drug-likeness (QED) is 0.911. The summed E-state index contributed by atoms with van der Waals surface area (Å²) in [6.45, 7) is 0.173. The molecule has 1 aliphatic heterocycles. The Balaban J connectivity index is 2.47. The summed E-state index contributed by atoms with van der Waals surface area (Å²) in [5, 5.41) is 9.14. The molecule has 2 rings (SSSR count). The third-order valence-electron chi connectivity index (χ3n) is 3.21. The minimum Gasteiger partial charge on any atom is -0.497 e. The van der Waals surface area contributed by atoms with Crippen LogP contribution in [0.15, 0.2) is 23.1 Å². The van der Waals surface area contributed by atoms with E-state index in [0.717, 1.165) is 4.31 Å². The lowest BCUT2D eigenvalue weighted by Crippen LogP contribution is -2.40. The number of benzene rings is 1. The van der Waals surface area contributed by atoms with E-state index in [1.165, 1.54) is 19.2 Å². The molecule has 1 heterocycles. The fourth-order valence-corrected chi connectivity index (χ4v) is 4.35. The molecule has 110 valence electrons. The van der Waals surface area contributed by atoms with Crippen molar-refractivity contribution in [2.24, 2.45) is 0 Å². The average molecular weight is 320 g/mol. The molecule has 0 radical (unpaired) electrons. The fourth-order valence-electron chi connectivity index (χ4n) is 2.21. The number of hydrogen-bond acceptors (Lipinski definition) is 4. The number of hydrogen-bond donors (Lipinski definition) is 1. The van der Waals surface area contributed by atoms with Crippen molar-refractivity contribution >= 4 is 27.6 Å². The van der Waals surface area contributed by atoms with Gasteiger partial charge in [0.2, 0.25) is 10.0 Å². The molecule has 0 aliphatic carbocycles. The first-order valence-electron chi connectivity index (χ1n) is 5.96. The molecule has 1 aliphatic rings. The molecule has 1 saturated heterocycles. The third kappa shape index (κ3) is 2.61. The number of nitrogens with zero attached hydrogens (tertiary/aromatic N) is 1. The highest BCUT2D eigenvalue weighted by Gasteiger charge is 2.40. The lowest BCUT2D eigenvalue weighted by Gasteiger charge is -2.21. The molecule has 1 aromatic rings. The van der Waals surface area contributed by atoms with Crippen molar-refractivity contribution in [2.75, 3.05) is 13.7 Å². The van der Waals surface area contributed by atoms with Crippen LogP contribution in [0.1, 0.15) is 12.8 Å². The Hall–Kier alpha value is -1.31. The van der Waals surface area contributed by atoms with Gasteiger partial charge in [-0.3, -0.25) is 4.79 Å². The van der Waals surface area contributed by atoms with Crippen LogP contribution in [0.4, 0.5) is 0 Å². The van der Waals surface area contributed by atoms with Gasteiger partial charge in [-0.05, 0) is 25.0 Å². The first-order chi connectivity index (χ1) is 9.37. The lowest BCUT2D eigenvalue weighted by atomic mass is 10.2. The number of carbonyl (C=O) groups is 1. The highest BCUT2D eigenvalue weighted by Crippen LogP contribution is 2.32. The zero-order valence-corrected chi connectivity index (χ0v) is 12.3. The van der Waals surface area contributed by atoms with Gasteiger partial charge in [-0.1, -0.05) is 11.6 Å². The van der Waals surface area contributed by atoms with E-state index >= 15 is 0 Å². The second-order valence-corrected chi connectivity index (χ2v) is 6.67. The van der Waals surface area contributed by atoms with Gasteiger partial charge in [-0.25, -0.2) is 8.42 Å². The van der Waals surface area contributed by atoms with Gasteiger partial charge >= 0.3 is 5.97 Å². The number of sulfonamides is 1. The molecular formula is C12H14ClNO5S. The minimum absolute atomic E-state index is 0.0434. The van der Waals surface area contributed by atoms with Gasteiger partial charge < -0.3 is 9.84 Å². The molecule has 6 nitrogen and oxygen atoms in total. The summed E-state index contributed by atoms with van der Waals surface area (Å²) in [6, 6.07) is 3.22. The van der Waals surface area contributed by atoms with Crippen LogP contribution in [0, 0.1) is 0 Å². The number of halogens is 1. The average Bonchev–Trinajstić information content (AvgIpc) is 2.89. The summed E-state index contributed by atoms with van der Waals surface area (Å²) < 4.78 is 31.1. The van der Waals surface area contributed by atoms with Crippen LogP contribution in [0.2, 0.25) is 5.02 Å². The van der Waals surface area contributed by atoms with Crippen LogP contribution in [0.3, 0.4) is 0 Å². The zero-order chi connectivity index (χ0) is 14.9. The standard InChI is InChI=1S/C12H14ClNO5S/c1-19-8-4-5-9(13)11(7-8)20(17,18)14-6-2-3-10(14)12(15)16/h4-5,7,10H,2-3,6H2,1H3,(H,15,16)/t10-/m0/s1. The fraction of sp³-hybridized carbons (Fsp3) is 0.417. The van der Waals surface area contributed by atoms with Crippen LogP contribution in [0.5, 0.6) is 5.75 Å². The monoisotopic (exact) mass is 319 g/mol. The van der Waals surface area contributed by atoms with Crippen LogP contribution >= 0.6 is 11.6 Å². The zero-order valence-electron chi connectivity index (χ0n) is 10.7. The van der Waals surface area contributed by atoms with E-state index in [2.05, 4.69) is 0 Å². The normalized spacial score (nSPS) is 20.0. The van der Waals surface area contributed by atoms with Gasteiger partial charge in [-0.15, -0.1) is 0 Å². The molecule has 1 aromatic carbocycles. The van der Waals surface area contributed by atoms with Crippen molar-refractivity contribution in [3.8, 4) is 5.75 Å². The van der Waals surface area contributed by atoms with Crippen molar-refractivity contribution in [1.29, 1.82) is 0 Å². The van der Waals surface area contributed by atoms with Crippen molar-refractivity contribution in [3.63, 3.8) is 0 Å². The topological polar surface area (TPSA) is 83.9 Å². The van der Waals surface area contributed by atoms with Crippen molar-refractivity contribution in [3.05, 3.63) is 23.2 Å². The maximum Gasteiger partial charge on any atom is 0.322 e. The van der Waals surface area contributed by atoms with E-state index in [1.807, 2.05) is 0 Å². The van der Waals surface area contributed by atoms with E-state index in [4.69, 9.17) is 21.4 Å². The second kappa shape index (κ2) is 5.59. The predicted molar refractivity (Wildman–Crippen MR) is 72.6 cm³/mol. The molecule has 1 atom stereocenters. The highest BCUT2D eigenvalue weighted by molar-refractivity contribution is 7.89. The Morgan fingerprint density at radius 2 is 2.20 bits per heavy atom. The maximum atomic E-state index is 12.6. The van der Waals surface area contributed by atoms with Crippen LogP contribution < -0.4 is 4.74 Å². The Morgan fingerprint density at radius 1 is 1.50 bits per heavy atom. The number of methoxy groups -OCH3 is 1. The van der Waals surface area contributed by atoms with Crippen LogP contribution in [-0.2, 0) is 14.8 Å². The number of ether oxygens (including phenoxy) is 1. The molecular weight excluding hydrogens is 306 g/mol. The minimum atomic E-state index is -3.96. The van der Waals surface area contributed by atoms with E-state index in [0.29, 0.717) is 18.6 Å². The molecule has 0 saturated carbocycles. The van der Waals surface area contributed by atoms with E-state index < -0.39 is 22.0 Å². The number of carboxylic acid groups (broad SMARTS) is 1. The number of aliphatic carboxylic acids is 1. The molecule has 0 spiro atoms. The Bertz CT molecular complexity index is 631. The molecule has 1 fully saturated rings. The molecule has 0 unspecified atom stereocenters. The van der Waals surface area contributed by atoms with Crippen molar-refractivity contribution < 1.29 is 23.1 Å². The summed E-state index contributed by atoms with van der Waals surface area (Å²) in [5.74, 6) is -0.802. The molecule has 20 heavy (non-hydrogen) atoms. The van der Waals surface area contributed by atoms with Crippen molar-refractivity contribution in [2.45, 2.75) is 23.8 Å². The summed E-state index contributed by atoms with van der Waals surface area (Å²) in [5.41, 5.74) is 0. The first kappa shape index (κ1) is 15.1. The second-order valence-electron chi connectivity index (χ2n) is 4.41. The molecule has 1 N–H and O–H groups in total. The predicted octanol–water partition coefficient (Wildman–Crippen LogP) is 1.59. The largest absolute Gasteiger partial charge is 0.497 e. The summed E-state index contributed by atoms with van der Waals surface area (Å²) >= 11 is 5.93. The van der Waals surface area contributed by atoms with Gasteiger partial charge in [0.15, 0.2) is 0 Å². The van der Waals surface area contributed by atoms with Gasteiger partial charge in [0, 0.05) is 12.6 Å². The highest BCUT2D eigenvalue weighted by atomic mass is 35.5. The van der Waals surface area contributed by atoms with E-state index in [9.17, 15) is 13.2 Å². The third-order valence-corrected chi connectivity index (χ3v) is 5.60. The lowest BCUT2D eigenvalue weighted by molar-refractivity contribution is -0.140. The van der Waals surface area contributed by atoms with Gasteiger partial charge in [-0.2, -0.15) is 4.31 Å². The number of carboxylic acids is 1. The maximum absolute atomic E-state index is 12.6. The van der Waals surface area contributed by atoms with Crippen molar-refractivity contribution in [1.82, 2.24) is 4.31 Å². The van der Waals surface area contributed by atoms with E-state index in [1.54, 1.807) is 6.07 Å². The van der Waals surface area contributed by atoms with Gasteiger partial charge in [0.1, 0.15) is 16.7 Å². The molecule has 0 aromatic heterocycles. The summed E-state index contributed by atoms with van der Waals surface area (Å²) in [4.78, 5) is 11.0. The Labute approximate surface area is 122 Å².